The zero-order valence-corrected chi connectivity index (χ0v) is 9.93. The molecule has 2 rings (SSSR count). The van der Waals surface area contributed by atoms with Crippen LogP contribution in [0.3, 0.4) is 0 Å². The van der Waals surface area contributed by atoms with Crippen LogP contribution in [-0.2, 0) is 4.79 Å². The fourth-order valence-electron chi connectivity index (χ4n) is 1.92. The number of carbonyl (C=O) groups excluding carboxylic acids is 1. The predicted molar refractivity (Wildman–Crippen MR) is 66.1 cm³/mol. The highest BCUT2D eigenvalue weighted by atomic mass is 16.5. The number of rotatable bonds is 4. The summed E-state index contributed by atoms with van der Waals surface area (Å²) in [6.45, 7) is 6.92. The minimum atomic E-state index is 0.0936. The quantitative estimate of drug-likeness (QED) is 0.746. The molecule has 1 aromatic rings. The molecule has 1 aromatic heterocycles. The first-order valence-electron chi connectivity index (χ1n) is 5.76. The lowest BCUT2D eigenvalue weighted by Crippen LogP contribution is -2.25. The van der Waals surface area contributed by atoms with Crippen LogP contribution < -0.4 is 9.64 Å². The van der Waals surface area contributed by atoms with Crippen LogP contribution in [0, 0.1) is 5.92 Å². The van der Waals surface area contributed by atoms with Gasteiger partial charge in [0, 0.05) is 31.1 Å². The number of amides is 1. The molecule has 1 aliphatic rings. The lowest BCUT2D eigenvalue weighted by atomic mass is 10.1. The van der Waals surface area contributed by atoms with E-state index in [1.165, 1.54) is 0 Å². The van der Waals surface area contributed by atoms with E-state index in [9.17, 15) is 4.79 Å². The number of nitrogens with zero attached hydrogens (tertiary/aromatic N) is 2. The van der Waals surface area contributed by atoms with E-state index in [4.69, 9.17) is 4.74 Å². The van der Waals surface area contributed by atoms with Gasteiger partial charge in [0.1, 0.15) is 11.6 Å². The van der Waals surface area contributed by atoms with Crippen molar-refractivity contribution < 1.29 is 9.53 Å². The van der Waals surface area contributed by atoms with Gasteiger partial charge in [-0.2, -0.15) is 0 Å². The first kappa shape index (κ1) is 11.6. The van der Waals surface area contributed by atoms with Gasteiger partial charge in [-0.05, 0) is 13.0 Å². The summed E-state index contributed by atoms with van der Waals surface area (Å²) in [7, 11) is 0. The molecule has 0 aliphatic carbocycles. The van der Waals surface area contributed by atoms with Crippen molar-refractivity contribution in [3.63, 3.8) is 0 Å². The Morgan fingerprint density at radius 2 is 2.53 bits per heavy atom. The monoisotopic (exact) mass is 232 g/mol. The molecule has 4 nitrogen and oxygen atoms in total. The highest BCUT2D eigenvalue weighted by molar-refractivity contribution is 5.95. The average molecular weight is 232 g/mol. The van der Waals surface area contributed by atoms with Gasteiger partial charge in [-0.25, -0.2) is 4.98 Å². The fraction of sp³-hybridized carbons (Fsp3) is 0.385. The molecule has 1 aliphatic heterocycles. The van der Waals surface area contributed by atoms with Crippen LogP contribution in [-0.4, -0.2) is 24.0 Å². The highest BCUT2D eigenvalue weighted by Crippen LogP contribution is 2.26. The largest absolute Gasteiger partial charge is 0.494 e. The van der Waals surface area contributed by atoms with E-state index in [0.29, 0.717) is 25.4 Å². The maximum atomic E-state index is 11.8. The SMILES string of the molecule is C=CC1CC(=O)N(c2cc(OCC)ccn2)C1. The first-order chi connectivity index (χ1) is 8.24. The molecule has 0 spiro atoms. The van der Waals surface area contributed by atoms with Crippen molar-refractivity contribution >= 4 is 11.7 Å². The smallest absolute Gasteiger partial charge is 0.228 e. The Morgan fingerprint density at radius 1 is 1.71 bits per heavy atom. The van der Waals surface area contributed by atoms with Crippen LogP contribution in [0.2, 0.25) is 0 Å². The Hall–Kier alpha value is -1.84. The number of aromatic nitrogens is 1. The van der Waals surface area contributed by atoms with Gasteiger partial charge in [0.25, 0.3) is 0 Å². The van der Waals surface area contributed by atoms with Crippen molar-refractivity contribution in [1.82, 2.24) is 4.98 Å². The third-order valence-corrected chi connectivity index (χ3v) is 2.79. The van der Waals surface area contributed by atoms with Crippen molar-refractivity contribution in [2.75, 3.05) is 18.1 Å². The van der Waals surface area contributed by atoms with Crippen LogP contribution in [0.1, 0.15) is 13.3 Å². The van der Waals surface area contributed by atoms with Crippen molar-refractivity contribution in [2.24, 2.45) is 5.92 Å². The Balaban J connectivity index is 2.19. The summed E-state index contributed by atoms with van der Waals surface area (Å²) in [6, 6.07) is 3.59. The molecule has 0 saturated carbocycles. The summed E-state index contributed by atoms with van der Waals surface area (Å²) in [6.07, 6.45) is 4.00. The molecule has 1 amide bonds. The maximum Gasteiger partial charge on any atom is 0.228 e. The third-order valence-electron chi connectivity index (χ3n) is 2.79. The van der Waals surface area contributed by atoms with Gasteiger partial charge in [0.15, 0.2) is 0 Å². The van der Waals surface area contributed by atoms with Crippen molar-refractivity contribution in [3.8, 4) is 5.75 Å². The van der Waals surface area contributed by atoms with Crippen LogP contribution >= 0.6 is 0 Å². The Bertz CT molecular complexity index is 431. The summed E-state index contributed by atoms with van der Waals surface area (Å²) in [4.78, 5) is 17.7. The number of hydrogen-bond acceptors (Lipinski definition) is 3. The predicted octanol–water partition coefficient (Wildman–Crippen LogP) is 2.02. The standard InChI is InChI=1S/C13H16N2O2/c1-3-10-7-13(16)15(9-10)12-8-11(17-4-2)5-6-14-12/h3,5-6,8,10H,1,4,7,9H2,2H3. The molecule has 0 bridgehead atoms. The summed E-state index contributed by atoms with van der Waals surface area (Å²) in [5, 5.41) is 0. The molecular formula is C13H16N2O2. The van der Waals surface area contributed by atoms with Crippen molar-refractivity contribution in [3.05, 3.63) is 31.0 Å². The zero-order chi connectivity index (χ0) is 12.3. The Kier molecular flexibility index (Phi) is 3.42. The van der Waals surface area contributed by atoms with E-state index in [-0.39, 0.29) is 11.8 Å². The lowest BCUT2D eigenvalue weighted by molar-refractivity contribution is -0.117. The van der Waals surface area contributed by atoms with Gasteiger partial charge >= 0.3 is 0 Å². The number of hydrogen-bond donors (Lipinski definition) is 0. The zero-order valence-electron chi connectivity index (χ0n) is 9.93. The second kappa shape index (κ2) is 4.99. The number of ether oxygens (including phenoxy) is 1. The average Bonchev–Trinajstić information content (AvgIpc) is 2.71. The molecule has 1 unspecified atom stereocenters. The summed E-state index contributed by atoms with van der Waals surface area (Å²) in [5.74, 6) is 1.72. The first-order valence-corrected chi connectivity index (χ1v) is 5.76. The molecule has 0 radical (unpaired) electrons. The molecule has 0 aromatic carbocycles. The van der Waals surface area contributed by atoms with Crippen LogP contribution in [0.15, 0.2) is 31.0 Å². The molecule has 4 heteroatoms. The Labute approximate surface area is 101 Å². The van der Waals surface area contributed by atoms with E-state index in [1.807, 2.05) is 13.0 Å². The van der Waals surface area contributed by atoms with E-state index < -0.39 is 0 Å². The fourth-order valence-corrected chi connectivity index (χ4v) is 1.92. The van der Waals surface area contributed by atoms with Crippen LogP contribution in [0.4, 0.5) is 5.82 Å². The number of anilines is 1. The summed E-state index contributed by atoms with van der Waals surface area (Å²) >= 11 is 0. The molecule has 17 heavy (non-hydrogen) atoms. The minimum absolute atomic E-state index is 0.0936. The highest BCUT2D eigenvalue weighted by Gasteiger charge is 2.29. The van der Waals surface area contributed by atoms with Crippen LogP contribution in [0.5, 0.6) is 5.75 Å². The Morgan fingerprint density at radius 3 is 3.18 bits per heavy atom. The van der Waals surface area contributed by atoms with Gasteiger partial charge in [-0.3, -0.25) is 9.69 Å². The van der Waals surface area contributed by atoms with E-state index >= 15 is 0 Å². The normalized spacial score (nSPS) is 19.5. The topological polar surface area (TPSA) is 42.4 Å². The van der Waals surface area contributed by atoms with E-state index in [0.717, 1.165) is 5.75 Å². The molecule has 0 N–H and O–H groups in total. The maximum absolute atomic E-state index is 11.8. The van der Waals surface area contributed by atoms with Gasteiger partial charge in [0.05, 0.1) is 6.61 Å². The number of carbonyl (C=O) groups is 1. The van der Waals surface area contributed by atoms with Crippen LogP contribution in [0.25, 0.3) is 0 Å². The van der Waals surface area contributed by atoms with E-state index in [2.05, 4.69) is 11.6 Å². The lowest BCUT2D eigenvalue weighted by Gasteiger charge is -2.15. The van der Waals surface area contributed by atoms with E-state index in [1.54, 1.807) is 23.2 Å². The molecular weight excluding hydrogens is 216 g/mol. The molecule has 1 atom stereocenters. The molecule has 1 fully saturated rings. The molecule has 2 heterocycles. The number of pyridine rings is 1. The minimum Gasteiger partial charge on any atom is -0.494 e. The second-order valence-corrected chi connectivity index (χ2v) is 3.99. The van der Waals surface area contributed by atoms with Gasteiger partial charge < -0.3 is 4.74 Å². The van der Waals surface area contributed by atoms with Crippen molar-refractivity contribution in [1.29, 1.82) is 0 Å². The second-order valence-electron chi connectivity index (χ2n) is 3.99. The van der Waals surface area contributed by atoms with Crippen molar-refractivity contribution in [2.45, 2.75) is 13.3 Å². The third kappa shape index (κ3) is 2.46. The van der Waals surface area contributed by atoms with Gasteiger partial charge in [-0.15, -0.1) is 6.58 Å². The molecule has 1 saturated heterocycles. The molecule has 90 valence electrons. The van der Waals surface area contributed by atoms with Gasteiger partial charge in [0.2, 0.25) is 5.91 Å². The van der Waals surface area contributed by atoms with Gasteiger partial charge in [-0.1, -0.05) is 6.08 Å². The summed E-state index contributed by atoms with van der Waals surface area (Å²) in [5.41, 5.74) is 0. The summed E-state index contributed by atoms with van der Waals surface area (Å²) < 4.78 is 5.40.